The molecule has 1 aromatic carbocycles. The molecule has 11 heavy (non-hydrogen) atoms. The molecule has 0 radical (unpaired) electrons. The summed E-state index contributed by atoms with van der Waals surface area (Å²) in [5, 5.41) is 0. The number of rotatable bonds is 1. The van der Waals surface area contributed by atoms with E-state index in [0.29, 0.717) is 0 Å². The summed E-state index contributed by atoms with van der Waals surface area (Å²) in [4.78, 5) is 3.93. The second-order valence-corrected chi connectivity index (χ2v) is 3.16. The monoisotopic (exact) mass is 226 g/mol. The number of benzene rings is 1. The molecule has 0 saturated carbocycles. The van der Waals surface area contributed by atoms with Gasteiger partial charge in [0, 0.05) is 26.4 Å². The highest BCUT2D eigenvalue weighted by atomic mass is 79.9. The van der Waals surface area contributed by atoms with Gasteiger partial charge in [0.25, 0.3) is 0 Å². The Morgan fingerprint density at radius 1 is 1.36 bits per heavy atom. The lowest BCUT2D eigenvalue weighted by Gasteiger charge is -1.97. The predicted octanol–water partition coefficient (Wildman–Crippen LogP) is 3.11. The minimum atomic E-state index is 1.08. The molecule has 0 spiro atoms. The first-order chi connectivity index (χ1) is 5.38. The molecule has 0 atom stereocenters. The third-order valence-electron chi connectivity index (χ3n) is 1.29. The van der Waals surface area contributed by atoms with Crippen LogP contribution in [0.4, 0.5) is 0 Å². The van der Waals surface area contributed by atoms with Crippen LogP contribution in [0.1, 0.15) is 5.56 Å². The summed E-state index contributed by atoms with van der Waals surface area (Å²) in [6.07, 6.45) is 2.05. The first-order valence-electron chi connectivity index (χ1n) is 3.13. The molecule has 0 bridgehead atoms. The Labute approximate surface area is 79.5 Å². The maximum atomic E-state index is 3.08. The normalized spacial score (nSPS) is 8.55. The van der Waals surface area contributed by atoms with Crippen molar-refractivity contribution in [1.82, 2.24) is 0 Å². The lowest BCUT2D eigenvalue weighted by molar-refractivity contribution is 1.42. The van der Waals surface area contributed by atoms with E-state index in [2.05, 4.69) is 39.0 Å². The van der Waals surface area contributed by atoms with E-state index in [-0.39, 0.29) is 0 Å². The largest absolute Gasteiger partial charge is 0.128 e. The third kappa shape index (κ3) is 2.28. The molecule has 0 heterocycles. The van der Waals surface area contributed by atoms with Crippen molar-refractivity contribution in [2.24, 2.45) is 0 Å². The molecule has 0 aliphatic carbocycles. The highest BCUT2D eigenvalue weighted by Crippen LogP contribution is 2.18. The van der Waals surface area contributed by atoms with Crippen LogP contribution in [-0.4, -0.2) is 6.26 Å². The van der Waals surface area contributed by atoms with Gasteiger partial charge in [0.2, 0.25) is 0 Å². The van der Waals surface area contributed by atoms with E-state index < -0.39 is 0 Å². The zero-order chi connectivity index (χ0) is 8.10. The van der Waals surface area contributed by atoms with Crippen LogP contribution < -0.4 is 0 Å². The molecule has 0 amide bonds. The molecule has 0 saturated heterocycles. The van der Waals surface area contributed by atoms with Crippen molar-refractivity contribution < 1.29 is 0 Å². The van der Waals surface area contributed by atoms with E-state index in [4.69, 9.17) is 0 Å². The Kier molecular flexibility index (Phi) is 3.55. The number of hydrogen-bond donors (Lipinski definition) is 0. The van der Waals surface area contributed by atoms with E-state index >= 15 is 0 Å². The summed E-state index contributed by atoms with van der Waals surface area (Å²) in [6.45, 7) is 0. The van der Waals surface area contributed by atoms with Gasteiger partial charge in [-0.2, -0.15) is 0 Å². The fourth-order valence-electron chi connectivity index (χ4n) is 0.799. The summed E-state index contributed by atoms with van der Waals surface area (Å²) in [5.74, 6) is 2.97. The second kappa shape index (κ2) is 4.48. The summed E-state index contributed by atoms with van der Waals surface area (Å²) in [6, 6.07) is 8.09. The van der Waals surface area contributed by atoms with Crippen LogP contribution in [0.5, 0.6) is 0 Å². The molecular weight excluding hydrogens is 220 g/mol. The fraction of sp³-hybridized carbons (Fsp3) is 0.111. The SMILES string of the molecule is CSc1ccccc1C#CBr. The van der Waals surface area contributed by atoms with Crippen molar-refractivity contribution >= 4 is 27.7 Å². The van der Waals surface area contributed by atoms with Gasteiger partial charge in [0.1, 0.15) is 0 Å². The zero-order valence-corrected chi connectivity index (χ0v) is 8.50. The van der Waals surface area contributed by atoms with Crippen molar-refractivity contribution in [1.29, 1.82) is 0 Å². The van der Waals surface area contributed by atoms with Gasteiger partial charge in [0.05, 0.1) is 0 Å². The quantitative estimate of drug-likeness (QED) is 0.524. The maximum Gasteiger partial charge on any atom is 0.0390 e. The molecule has 56 valence electrons. The van der Waals surface area contributed by atoms with Crippen molar-refractivity contribution in [2.75, 3.05) is 6.26 Å². The van der Waals surface area contributed by atoms with Crippen molar-refractivity contribution in [2.45, 2.75) is 4.90 Å². The number of halogens is 1. The standard InChI is InChI=1S/C9H7BrS/c1-11-9-5-3-2-4-8(9)6-7-10/h2-5H,1H3. The van der Waals surface area contributed by atoms with E-state index in [1.165, 1.54) is 4.90 Å². The van der Waals surface area contributed by atoms with E-state index in [1.54, 1.807) is 11.8 Å². The van der Waals surface area contributed by atoms with Crippen molar-refractivity contribution in [3.63, 3.8) is 0 Å². The van der Waals surface area contributed by atoms with Crippen LogP contribution >= 0.6 is 27.7 Å². The molecule has 0 nitrogen and oxygen atoms in total. The van der Waals surface area contributed by atoms with Gasteiger partial charge < -0.3 is 0 Å². The Morgan fingerprint density at radius 2 is 2.09 bits per heavy atom. The summed E-state index contributed by atoms with van der Waals surface area (Å²) in [7, 11) is 0. The molecule has 0 unspecified atom stereocenters. The average Bonchev–Trinajstić information content (AvgIpc) is 2.06. The van der Waals surface area contributed by atoms with E-state index in [1.807, 2.05) is 18.2 Å². The van der Waals surface area contributed by atoms with Gasteiger partial charge in [-0.3, -0.25) is 0 Å². The van der Waals surface area contributed by atoms with Crippen LogP contribution in [0.15, 0.2) is 29.2 Å². The molecule has 1 aromatic rings. The molecule has 0 fully saturated rings. The minimum absolute atomic E-state index is 1.08. The summed E-state index contributed by atoms with van der Waals surface area (Å²) >= 11 is 4.79. The van der Waals surface area contributed by atoms with Gasteiger partial charge in [-0.1, -0.05) is 18.1 Å². The van der Waals surface area contributed by atoms with Crippen LogP contribution in [0.25, 0.3) is 0 Å². The van der Waals surface area contributed by atoms with Gasteiger partial charge >= 0.3 is 0 Å². The zero-order valence-electron chi connectivity index (χ0n) is 6.10. The Morgan fingerprint density at radius 3 is 2.73 bits per heavy atom. The van der Waals surface area contributed by atoms with E-state index in [9.17, 15) is 0 Å². The highest BCUT2D eigenvalue weighted by Gasteiger charge is 1.94. The first-order valence-corrected chi connectivity index (χ1v) is 5.15. The lowest BCUT2D eigenvalue weighted by atomic mass is 10.2. The second-order valence-electron chi connectivity index (χ2n) is 1.92. The Hall–Kier alpha value is -0.390. The van der Waals surface area contributed by atoms with Crippen LogP contribution in [0.2, 0.25) is 0 Å². The van der Waals surface area contributed by atoms with Crippen molar-refractivity contribution in [3.8, 4) is 10.8 Å². The van der Waals surface area contributed by atoms with Gasteiger partial charge in [-0.25, -0.2) is 0 Å². The predicted molar refractivity (Wildman–Crippen MR) is 54.0 cm³/mol. The summed E-state index contributed by atoms with van der Waals surface area (Å²) in [5.41, 5.74) is 1.08. The molecule has 1 rings (SSSR count). The van der Waals surface area contributed by atoms with Crippen LogP contribution in [0, 0.1) is 10.8 Å². The summed E-state index contributed by atoms with van der Waals surface area (Å²) < 4.78 is 0. The smallest absolute Gasteiger partial charge is 0.0390 e. The Bertz CT molecular complexity index is 296. The number of thioether (sulfide) groups is 1. The first kappa shape index (κ1) is 8.70. The van der Waals surface area contributed by atoms with Gasteiger partial charge in [0.15, 0.2) is 0 Å². The Balaban J connectivity index is 3.09. The van der Waals surface area contributed by atoms with E-state index in [0.717, 1.165) is 5.56 Å². The van der Waals surface area contributed by atoms with Crippen LogP contribution in [0.3, 0.4) is 0 Å². The third-order valence-corrected chi connectivity index (χ3v) is 2.28. The number of hydrogen-bond acceptors (Lipinski definition) is 1. The minimum Gasteiger partial charge on any atom is -0.128 e. The average molecular weight is 227 g/mol. The van der Waals surface area contributed by atoms with Crippen molar-refractivity contribution in [3.05, 3.63) is 29.8 Å². The molecule has 0 aromatic heterocycles. The molecule has 0 aliphatic heterocycles. The molecule has 2 heteroatoms. The van der Waals surface area contributed by atoms with Gasteiger partial charge in [-0.05, 0) is 23.2 Å². The maximum absolute atomic E-state index is 3.08. The molecular formula is C9H7BrS. The lowest BCUT2D eigenvalue weighted by Crippen LogP contribution is -1.77. The van der Waals surface area contributed by atoms with Crippen LogP contribution in [-0.2, 0) is 0 Å². The molecule has 0 N–H and O–H groups in total. The topological polar surface area (TPSA) is 0 Å². The highest BCUT2D eigenvalue weighted by molar-refractivity contribution is 9.12. The fourth-order valence-corrected chi connectivity index (χ4v) is 1.57. The van der Waals surface area contributed by atoms with Gasteiger partial charge in [-0.15, -0.1) is 11.8 Å². The molecule has 0 aliphatic rings.